The molecule has 0 bridgehead atoms. The molecule has 2 N–H and O–H groups in total. The normalized spacial score (nSPS) is 35.8. The van der Waals surface area contributed by atoms with Gasteiger partial charge in [0.1, 0.15) is 24.4 Å². The third kappa shape index (κ3) is 8.51. The Morgan fingerprint density at radius 1 is 0.468 bits per heavy atom. The fourth-order valence-electron chi connectivity index (χ4n) is 8.49. The van der Waals surface area contributed by atoms with Crippen molar-refractivity contribution in [3.05, 3.63) is 0 Å². The highest BCUT2D eigenvalue weighted by Gasteiger charge is 2.92. The van der Waals surface area contributed by atoms with Crippen LogP contribution in [0.3, 0.4) is 0 Å². The van der Waals surface area contributed by atoms with E-state index < -0.39 is 134 Å². The van der Waals surface area contributed by atoms with Gasteiger partial charge in [0.25, 0.3) is 0 Å². The van der Waals surface area contributed by atoms with Crippen molar-refractivity contribution in [3.63, 3.8) is 0 Å². The Labute approximate surface area is 346 Å². The van der Waals surface area contributed by atoms with Crippen LogP contribution in [0.15, 0.2) is 0 Å². The number of halogens is 12. The van der Waals surface area contributed by atoms with Crippen LogP contribution < -0.4 is 10.6 Å². The van der Waals surface area contributed by atoms with E-state index in [4.69, 9.17) is 47.4 Å². The van der Waals surface area contributed by atoms with Crippen LogP contribution in [0.5, 0.6) is 0 Å². The molecule has 0 aromatic carbocycles. The summed E-state index contributed by atoms with van der Waals surface area (Å²) in [6.45, 7) is 2.14. The van der Waals surface area contributed by atoms with Crippen LogP contribution in [0.2, 0.25) is 0 Å². The Kier molecular flexibility index (Phi) is 14.2. The molecule has 6 rings (SSSR count). The van der Waals surface area contributed by atoms with Gasteiger partial charge < -0.3 is 58.0 Å². The maximum absolute atomic E-state index is 15.6. The van der Waals surface area contributed by atoms with Crippen LogP contribution in [0.25, 0.3) is 0 Å². The molecule has 358 valence electrons. The molecular formula is C36H48F12N2O12. The maximum Gasteiger partial charge on any atom is 0.407 e. The van der Waals surface area contributed by atoms with Gasteiger partial charge in [-0.1, -0.05) is 38.5 Å². The number of rotatable bonds is 13. The van der Waals surface area contributed by atoms with E-state index in [1.165, 1.54) is 0 Å². The van der Waals surface area contributed by atoms with Crippen molar-refractivity contribution in [3.8, 4) is 0 Å². The monoisotopic (exact) mass is 928 g/mol. The second-order valence-corrected chi connectivity index (χ2v) is 16.2. The lowest BCUT2D eigenvalue weighted by Crippen LogP contribution is -2.73. The smallest absolute Gasteiger partial charge is 0.407 e. The van der Waals surface area contributed by atoms with Crippen molar-refractivity contribution >= 4 is 12.2 Å². The molecule has 2 saturated carbocycles. The molecule has 0 unspecified atom stereocenters. The number of alkyl halides is 12. The van der Waals surface area contributed by atoms with E-state index in [1.54, 1.807) is 0 Å². The summed E-state index contributed by atoms with van der Waals surface area (Å²) in [5.41, 5.74) is 0. The summed E-state index contributed by atoms with van der Waals surface area (Å²) in [5.74, 6) is -44.9. The number of hydrogen-bond acceptors (Lipinski definition) is 12. The molecule has 0 radical (unpaired) electrons. The van der Waals surface area contributed by atoms with Gasteiger partial charge in [-0.25, -0.2) is 9.59 Å². The molecule has 0 spiro atoms. The van der Waals surface area contributed by atoms with Gasteiger partial charge in [0, 0.05) is 26.3 Å². The highest BCUT2D eigenvalue weighted by atomic mass is 19.4. The van der Waals surface area contributed by atoms with Gasteiger partial charge in [0.15, 0.2) is 24.8 Å². The van der Waals surface area contributed by atoms with E-state index in [9.17, 15) is 9.59 Å². The molecule has 4 aliphatic heterocycles. The quantitative estimate of drug-likeness (QED) is 0.190. The van der Waals surface area contributed by atoms with Crippen molar-refractivity contribution in [2.24, 2.45) is 0 Å². The van der Waals surface area contributed by atoms with Gasteiger partial charge in [0.05, 0.1) is 12.2 Å². The summed E-state index contributed by atoms with van der Waals surface area (Å²) in [6.07, 6.45) is -22.0. The Bertz CT molecular complexity index is 1460. The number of nitrogens with one attached hydrogen (secondary N) is 2. The summed E-state index contributed by atoms with van der Waals surface area (Å²) >= 11 is 0. The average Bonchev–Trinajstić information content (AvgIpc) is 3.88. The first-order chi connectivity index (χ1) is 28.8. The Balaban J connectivity index is 1.19. The van der Waals surface area contributed by atoms with Crippen LogP contribution in [0, 0.1) is 0 Å². The number of hydrogen-bond donors (Lipinski definition) is 2. The molecule has 62 heavy (non-hydrogen) atoms. The molecule has 6 aliphatic rings. The lowest BCUT2D eigenvalue weighted by molar-refractivity contribution is -0.449. The third-order valence-corrected chi connectivity index (χ3v) is 12.0. The van der Waals surface area contributed by atoms with E-state index in [0.717, 1.165) is 66.6 Å². The summed E-state index contributed by atoms with van der Waals surface area (Å²) in [5, 5.41) is 4.98. The minimum atomic E-state index is -8.05. The van der Waals surface area contributed by atoms with Crippen molar-refractivity contribution < 1.29 is 110 Å². The van der Waals surface area contributed by atoms with Crippen molar-refractivity contribution in [1.82, 2.24) is 10.6 Å². The third-order valence-electron chi connectivity index (χ3n) is 12.0. The van der Waals surface area contributed by atoms with E-state index in [0.29, 0.717) is 25.7 Å². The van der Waals surface area contributed by atoms with Crippen LogP contribution in [0.4, 0.5) is 62.3 Å². The number of methoxy groups -OCH3 is 2. The second kappa shape index (κ2) is 18.0. The number of ether oxygens (including phenoxy) is 10. The highest BCUT2D eigenvalue weighted by Crippen LogP contribution is 2.62. The number of carbonyl (C=O) groups is 2. The molecule has 14 nitrogen and oxygen atoms in total. The van der Waals surface area contributed by atoms with E-state index >= 15 is 52.7 Å². The van der Waals surface area contributed by atoms with Gasteiger partial charge in [-0.15, -0.1) is 0 Å². The Morgan fingerprint density at radius 2 is 0.774 bits per heavy atom. The lowest BCUT2D eigenvalue weighted by Gasteiger charge is -2.42. The zero-order valence-corrected chi connectivity index (χ0v) is 33.6. The van der Waals surface area contributed by atoms with Crippen molar-refractivity contribution in [2.45, 2.75) is 200 Å². The summed E-state index contributed by atoms with van der Waals surface area (Å²) < 4.78 is 236. The molecule has 4 heterocycles. The van der Waals surface area contributed by atoms with Gasteiger partial charge >= 0.3 is 47.7 Å². The topological polar surface area (TPSA) is 151 Å². The largest absolute Gasteiger partial charge is 0.438 e. The van der Waals surface area contributed by atoms with E-state index in [2.05, 4.69) is 10.6 Å². The molecule has 26 heteroatoms. The molecule has 4 saturated heterocycles. The maximum atomic E-state index is 15.6. The zero-order chi connectivity index (χ0) is 45.8. The van der Waals surface area contributed by atoms with Crippen molar-refractivity contribution in [2.75, 3.05) is 14.2 Å². The highest BCUT2D eigenvalue weighted by molar-refractivity contribution is 5.68. The molecule has 2 aliphatic carbocycles. The van der Waals surface area contributed by atoms with Crippen LogP contribution in [0.1, 0.15) is 78.1 Å². The van der Waals surface area contributed by atoms with Gasteiger partial charge in [-0.3, -0.25) is 0 Å². The molecule has 0 aromatic rings. The minimum Gasteiger partial charge on any atom is -0.438 e. The van der Waals surface area contributed by atoms with Gasteiger partial charge in [0.2, 0.25) is 12.6 Å². The van der Waals surface area contributed by atoms with Gasteiger partial charge in [-0.05, 0) is 39.5 Å². The Morgan fingerprint density at radius 3 is 1.08 bits per heavy atom. The number of alkyl carbamates (subject to hydrolysis) is 2. The first-order valence-electron chi connectivity index (χ1n) is 20.0. The first-order valence-corrected chi connectivity index (χ1v) is 20.0. The fraction of sp³-hybridized carbons (Fsp3) is 0.944. The van der Waals surface area contributed by atoms with Crippen molar-refractivity contribution in [1.29, 1.82) is 0 Å². The average molecular weight is 929 g/mol. The standard InChI is InChI=1S/C36H48F12N2O12/c1-15-19-21(23(25(53-3)55-15)61-29(51)49-17-11-7-5-8-12-17)59-27(57-19)31(37,38)33(41,42)35(45,46)36(47,48)34(43,44)32(39,40)28-58-20-16(2)56-26(54-4)24(22(20)60-28)62-30(52)50-18-13-9-6-10-14-18/h15-28H,5-14H2,1-4H3,(H,49,51)(H,50,52)/t15-,16-,19-,20-,21-,22-,23+,24+,25+,26+,27-,28-/m0/s1. The van der Waals surface area contributed by atoms with Crippen LogP contribution >= 0.6 is 0 Å². The number of fused-ring (bicyclic) bond motifs is 2. The van der Waals surface area contributed by atoms with Crippen LogP contribution in [-0.4, -0.2) is 148 Å². The number of carbonyl (C=O) groups excluding carboxylic acids is 2. The summed E-state index contributed by atoms with van der Waals surface area (Å²) in [4.78, 5) is 25.5. The zero-order valence-electron chi connectivity index (χ0n) is 33.6. The summed E-state index contributed by atoms with van der Waals surface area (Å²) in [7, 11) is 1.96. The predicted octanol–water partition coefficient (Wildman–Crippen LogP) is 6.66. The molecule has 12 atom stereocenters. The lowest BCUT2D eigenvalue weighted by atomic mass is 9.91. The van der Waals surface area contributed by atoms with Crippen LogP contribution in [-0.2, 0) is 47.4 Å². The summed E-state index contributed by atoms with van der Waals surface area (Å²) in [6, 6.07) is -0.789. The Hall–Kier alpha value is -2.62. The second-order valence-electron chi connectivity index (χ2n) is 16.2. The predicted molar refractivity (Wildman–Crippen MR) is 180 cm³/mol. The molecule has 0 aromatic heterocycles. The molecule has 2 amide bonds. The first kappa shape index (κ1) is 48.8. The van der Waals surface area contributed by atoms with E-state index in [1.807, 2.05) is 0 Å². The van der Waals surface area contributed by atoms with E-state index in [-0.39, 0.29) is 0 Å². The molecular weight excluding hydrogens is 880 g/mol. The number of amides is 2. The van der Waals surface area contributed by atoms with Gasteiger partial charge in [-0.2, -0.15) is 52.7 Å². The SMILES string of the molecule is CO[C@@H]1O[C@@H](C)[C@@H]2O[C@H](C(F)(F)C(F)(F)C(F)(F)C(F)(F)C(F)(F)C(F)(F)[C@@H]3O[C@H]4[C@@H](O3)[C@H](C)O[C@@H](OC)[C@@H]4OC(=O)NC3CCCCC3)O[C@@H]2[C@H]1OC(=O)NC1CCCCC1. The molecule has 6 fully saturated rings. The fourth-order valence-corrected chi connectivity index (χ4v) is 8.49. The minimum absolute atomic E-state index is 0.395.